The van der Waals surface area contributed by atoms with Crippen molar-refractivity contribution in [3.63, 3.8) is 0 Å². The van der Waals surface area contributed by atoms with Gasteiger partial charge >= 0.3 is 5.97 Å². The lowest BCUT2D eigenvalue weighted by molar-refractivity contribution is -0.154. The number of carbonyl (C=O) groups is 1. The number of ether oxygens (including phenoxy) is 1. The number of esters is 1. The number of benzene rings is 1. The van der Waals surface area contributed by atoms with Gasteiger partial charge in [0.25, 0.3) is 0 Å². The van der Waals surface area contributed by atoms with E-state index in [2.05, 4.69) is 0 Å². The zero-order valence-electron chi connectivity index (χ0n) is 12.0. The van der Waals surface area contributed by atoms with Gasteiger partial charge in [-0.15, -0.1) is 0 Å². The summed E-state index contributed by atoms with van der Waals surface area (Å²) in [6.45, 7) is 5.32. The molecule has 0 saturated carbocycles. The molecule has 0 saturated heterocycles. The van der Waals surface area contributed by atoms with E-state index < -0.39 is 17.6 Å². The summed E-state index contributed by atoms with van der Waals surface area (Å²) in [7, 11) is 0. The second-order valence-corrected chi connectivity index (χ2v) is 6.12. The maximum absolute atomic E-state index is 11.6. The van der Waals surface area contributed by atoms with E-state index in [9.17, 15) is 15.0 Å². The van der Waals surface area contributed by atoms with E-state index in [0.717, 1.165) is 0 Å². The van der Waals surface area contributed by atoms with Crippen LogP contribution in [0.1, 0.15) is 38.9 Å². The van der Waals surface area contributed by atoms with Crippen LogP contribution in [0.15, 0.2) is 24.3 Å². The summed E-state index contributed by atoms with van der Waals surface area (Å²) in [6.07, 6.45) is -1.99. The van der Waals surface area contributed by atoms with Crippen molar-refractivity contribution in [1.82, 2.24) is 0 Å². The van der Waals surface area contributed by atoms with Crippen molar-refractivity contribution in [2.24, 2.45) is 5.41 Å². The van der Waals surface area contributed by atoms with Crippen LogP contribution in [-0.2, 0) is 9.53 Å². The highest BCUT2D eigenvalue weighted by molar-refractivity contribution is 6.31. The van der Waals surface area contributed by atoms with Gasteiger partial charge in [-0.2, -0.15) is 0 Å². The van der Waals surface area contributed by atoms with Crippen molar-refractivity contribution in [1.29, 1.82) is 0 Å². The molecule has 5 heteroatoms. The smallest absolute Gasteiger partial charge is 0.311 e. The van der Waals surface area contributed by atoms with Gasteiger partial charge in [-0.1, -0.05) is 29.8 Å². The van der Waals surface area contributed by atoms with Crippen molar-refractivity contribution in [3.8, 4) is 0 Å². The maximum Gasteiger partial charge on any atom is 0.311 e. The number of hydrogen-bond acceptors (Lipinski definition) is 4. The number of carbonyl (C=O) groups excluding carboxylic acids is 1. The van der Waals surface area contributed by atoms with E-state index in [1.54, 1.807) is 45.0 Å². The normalized spacial score (nSPS) is 14.7. The molecule has 0 amide bonds. The number of aliphatic hydroxyl groups excluding tert-OH is 2. The van der Waals surface area contributed by atoms with E-state index in [1.165, 1.54) is 0 Å². The summed E-state index contributed by atoms with van der Waals surface area (Å²) in [5.41, 5.74) is -0.115. The average Bonchev–Trinajstić information content (AvgIpc) is 2.37. The molecule has 0 bridgehead atoms. The van der Waals surface area contributed by atoms with Crippen LogP contribution in [0.2, 0.25) is 5.02 Å². The first-order chi connectivity index (χ1) is 9.23. The highest BCUT2D eigenvalue weighted by Gasteiger charge is 2.24. The van der Waals surface area contributed by atoms with Crippen LogP contribution in [0.5, 0.6) is 0 Å². The van der Waals surface area contributed by atoms with Gasteiger partial charge < -0.3 is 14.9 Å². The van der Waals surface area contributed by atoms with Crippen LogP contribution in [-0.4, -0.2) is 28.9 Å². The third-order valence-corrected chi connectivity index (χ3v) is 3.19. The second kappa shape index (κ2) is 7.07. The lowest BCUT2D eigenvalue weighted by atomic mass is 9.97. The molecule has 0 radical (unpaired) electrons. The number of halogens is 1. The first kappa shape index (κ1) is 17.0. The Kier molecular flexibility index (Phi) is 5.99. The van der Waals surface area contributed by atoms with Crippen molar-refractivity contribution >= 4 is 17.6 Å². The molecule has 0 fully saturated rings. The van der Waals surface area contributed by atoms with Crippen LogP contribution in [0.4, 0.5) is 0 Å². The summed E-state index contributed by atoms with van der Waals surface area (Å²) >= 11 is 5.95. The molecular formula is C15H21ClO4. The Balaban J connectivity index is 2.49. The molecule has 2 N–H and O–H groups in total. The summed E-state index contributed by atoms with van der Waals surface area (Å²) < 4.78 is 5.05. The lowest BCUT2D eigenvalue weighted by Gasteiger charge is -2.21. The SMILES string of the molecule is CC(C)(C)C(=O)OCC[C@@H](O)[C@H](O)c1ccccc1Cl. The van der Waals surface area contributed by atoms with Gasteiger partial charge in [-0.25, -0.2) is 0 Å². The van der Waals surface area contributed by atoms with E-state index in [-0.39, 0.29) is 19.0 Å². The van der Waals surface area contributed by atoms with Crippen molar-refractivity contribution in [2.45, 2.75) is 39.4 Å². The molecule has 0 heterocycles. The van der Waals surface area contributed by atoms with Gasteiger partial charge in [-0.05, 0) is 26.8 Å². The fourth-order valence-corrected chi connectivity index (χ4v) is 1.82. The van der Waals surface area contributed by atoms with Crippen LogP contribution < -0.4 is 0 Å². The van der Waals surface area contributed by atoms with Gasteiger partial charge in [0.05, 0.1) is 18.1 Å². The summed E-state index contributed by atoms with van der Waals surface area (Å²) in [4.78, 5) is 11.6. The molecule has 1 rings (SSSR count). The zero-order valence-corrected chi connectivity index (χ0v) is 12.7. The van der Waals surface area contributed by atoms with E-state index in [4.69, 9.17) is 16.3 Å². The predicted octanol–water partition coefficient (Wildman–Crippen LogP) is 2.71. The number of hydrogen-bond donors (Lipinski definition) is 2. The fourth-order valence-electron chi connectivity index (χ4n) is 1.57. The molecule has 112 valence electrons. The third-order valence-electron chi connectivity index (χ3n) is 2.85. The minimum Gasteiger partial charge on any atom is -0.465 e. The van der Waals surface area contributed by atoms with Crippen LogP contribution in [0.25, 0.3) is 0 Å². The molecule has 4 nitrogen and oxygen atoms in total. The molecule has 2 atom stereocenters. The minimum absolute atomic E-state index is 0.0543. The Labute approximate surface area is 124 Å². The van der Waals surface area contributed by atoms with Gasteiger partial charge in [0.2, 0.25) is 0 Å². The first-order valence-electron chi connectivity index (χ1n) is 6.51. The van der Waals surface area contributed by atoms with Gasteiger partial charge in [0.15, 0.2) is 0 Å². The molecule has 0 aliphatic heterocycles. The Bertz CT molecular complexity index is 453. The molecule has 0 aliphatic carbocycles. The van der Waals surface area contributed by atoms with E-state index in [1.807, 2.05) is 0 Å². The highest BCUT2D eigenvalue weighted by atomic mass is 35.5. The molecule has 0 unspecified atom stereocenters. The van der Waals surface area contributed by atoms with Crippen LogP contribution in [0, 0.1) is 5.41 Å². The van der Waals surface area contributed by atoms with Gasteiger partial charge in [-0.3, -0.25) is 4.79 Å². The molecule has 0 aromatic heterocycles. The largest absolute Gasteiger partial charge is 0.465 e. The Hall–Kier alpha value is -1.10. The van der Waals surface area contributed by atoms with E-state index in [0.29, 0.717) is 10.6 Å². The molecule has 20 heavy (non-hydrogen) atoms. The topological polar surface area (TPSA) is 66.8 Å². The van der Waals surface area contributed by atoms with Gasteiger partial charge in [0.1, 0.15) is 6.10 Å². The van der Waals surface area contributed by atoms with Gasteiger partial charge in [0, 0.05) is 17.0 Å². The quantitative estimate of drug-likeness (QED) is 0.821. The monoisotopic (exact) mass is 300 g/mol. The highest BCUT2D eigenvalue weighted by Crippen LogP contribution is 2.26. The zero-order chi connectivity index (χ0) is 15.3. The Morgan fingerprint density at radius 1 is 1.30 bits per heavy atom. The Morgan fingerprint density at radius 2 is 1.90 bits per heavy atom. The fraction of sp³-hybridized carbons (Fsp3) is 0.533. The maximum atomic E-state index is 11.6. The van der Waals surface area contributed by atoms with Crippen LogP contribution >= 0.6 is 11.6 Å². The molecular weight excluding hydrogens is 280 g/mol. The molecule has 0 aliphatic rings. The van der Waals surface area contributed by atoms with Crippen molar-refractivity contribution in [2.75, 3.05) is 6.61 Å². The summed E-state index contributed by atoms with van der Waals surface area (Å²) in [6, 6.07) is 6.77. The van der Waals surface area contributed by atoms with E-state index >= 15 is 0 Å². The predicted molar refractivity (Wildman–Crippen MR) is 77.4 cm³/mol. The summed E-state index contributed by atoms with van der Waals surface area (Å²) in [5, 5.41) is 20.3. The molecule has 1 aromatic carbocycles. The standard InChI is InChI=1S/C15H21ClO4/c1-15(2,3)14(19)20-9-8-12(17)13(18)10-6-4-5-7-11(10)16/h4-7,12-13,17-18H,8-9H2,1-3H3/t12-,13-/m1/s1. The first-order valence-corrected chi connectivity index (χ1v) is 6.89. The average molecular weight is 301 g/mol. The second-order valence-electron chi connectivity index (χ2n) is 5.71. The minimum atomic E-state index is -1.10. The van der Waals surface area contributed by atoms with Crippen LogP contribution in [0.3, 0.4) is 0 Å². The number of rotatable bonds is 5. The molecule has 1 aromatic rings. The molecule has 0 spiro atoms. The Morgan fingerprint density at radius 3 is 2.45 bits per heavy atom. The third kappa shape index (κ3) is 4.78. The van der Waals surface area contributed by atoms with Crippen molar-refractivity contribution < 1.29 is 19.7 Å². The lowest BCUT2D eigenvalue weighted by Crippen LogP contribution is -2.26. The summed E-state index contributed by atoms with van der Waals surface area (Å²) in [5.74, 6) is -0.336. The number of aliphatic hydroxyl groups is 2. The van der Waals surface area contributed by atoms with Crippen molar-refractivity contribution in [3.05, 3.63) is 34.9 Å².